The lowest BCUT2D eigenvalue weighted by atomic mass is 10.2. The van der Waals surface area contributed by atoms with Gasteiger partial charge in [-0.1, -0.05) is 6.07 Å². The Kier molecular flexibility index (Phi) is 6.15. The van der Waals surface area contributed by atoms with Crippen LogP contribution in [0.15, 0.2) is 22.7 Å². The first-order valence-corrected chi connectivity index (χ1v) is 6.60. The maximum atomic E-state index is 11.4. The van der Waals surface area contributed by atoms with Crippen LogP contribution in [-0.4, -0.2) is 38.6 Å². The first-order valence-electron chi connectivity index (χ1n) is 5.80. The number of rotatable bonds is 6. The van der Waals surface area contributed by atoms with E-state index in [0.717, 1.165) is 16.8 Å². The molecule has 1 aromatic carbocycles. The molecule has 0 unspecified atom stereocenters. The van der Waals surface area contributed by atoms with E-state index in [1.165, 1.54) is 5.56 Å². The van der Waals surface area contributed by atoms with Gasteiger partial charge in [0.05, 0.1) is 17.5 Å². The molecule has 1 amide bonds. The van der Waals surface area contributed by atoms with Crippen molar-refractivity contribution in [1.82, 2.24) is 10.2 Å². The molecule has 0 aromatic heterocycles. The molecule has 0 atom stereocenters. The fourth-order valence-corrected chi connectivity index (χ4v) is 1.99. The van der Waals surface area contributed by atoms with E-state index in [0.29, 0.717) is 13.0 Å². The number of hydrogen-bond donors (Lipinski definition) is 1. The van der Waals surface area contributed by atoms with Crippen molar-refractivity contribution in [3.8, 4) is 5.75 Å². The van der Waals surface area contributed by atoms with Gasteiger partial charge in [-0.2, -0.15) is 0 Å². The summed E-state index contributed by atoms with van der Waals surface area (Å²) >= 11 is 3.47. The Morgan fingerprint density at radius 3 is 2.72 bits per heavy atom. The van der Waals surface area contributed by atoms with Crippen LogP contribution in [0, 0.1) is 0 Å². The molecule has 1 N–H and O–H groups in total. The third kappa shape index (κ3) is 4.66. The van der Waals surface area contributed by atoms with Gasteiger partial charge in [0.1, 0.15) is 5.75 Å². The Labute approximate surface area is 116 Å². The second-order valence-electron chi connectivity index (χ2n) is 4.18. The molecule has 0 fully saturated rings. The van der Waals surface area contributed by atoms with Crippen LogP contribution in [0.3, 0.4) is 0 Å². The molecular weight excluding hydrogens is 296 g/mol. The fraction of sp³-hybridized carbons (Fsp3) is 0.462. The molecule has 0 aliphatic heterocycles. The summed E-state index contributed by atoms with van der Waals surface area (Å²) in [5.74, 6) is 0.833. The van der Waals surface area contributed by atoms with Crippen molar-refractivity contribution in [1.29, 1.82) is 0 Å². The molecule has 0 heterocycles. The van der Waals surface area contributed by atoms with Gasteiger partial charge in [0.25, 0.3) is 0 Å². The zero-order valence-electron chi connectivity index (χ0n) is 11.0. The maximum Gasteiger partial charge on any atom is 0.225 e. The zero-order valence-corrected chi connectivity index (χ0v) is 12.6. The molecule has 1 rings (SSSR count). The van der Waals surface area contributed by atoms with E-state index < -0.39 is 0 Å². The summed E-state index contributed by atoms with van der Waals surface area (Å²) in [5.41, 5.74) is 1.18. The minimum Gasteiger partial charge on any atom is -0.492 e. The molecule has 100 valence electrons. The molecule has 18 heavy (non-hydrogen) atoms. The second-order valence-corrected chi connectivity index (χ2v) is 5.04. The smallest absolute Gasteiger partial charge is 0.225 e. The highest BCUT2D eigenvalue weighted by Gasteiger charge is 2.06. The molecular formula is C13H19BrN2O2. The Hall–Kier alpha value is -1.07. The van der Waals surface area contributed by atoms with Crippen LogP contribution < -0.4 is 10.1 Å². The van der Waals surface area contributed by atoms with Crippen LogP contribution in [0.25, 0.3) is 0 Å². The van der Waals surface area contributed by atoms with Gasteiger partial charge in [-0.25, -0.2) is 0 Å². The lowest BCUT2D eigenvalue weighted by Crippen LogP contribution is -2.23. The van der Waals surface area contributed by atoms with Gasteiger partial charge in [0, 0.05) is 20.6 Å². The number of halogens is 1. The molecule has 0 spiro atoms. The second kappa shape index (κ2) is 7.38. The van der Waals surface area contributed by atoms with Crippen molar-refractivity contribution < 1.29 is 9.53 Å². The number of amides is 1. The number of ether oxygens (including phenoxy) is 1. The number of benzene rings is 1. The van der Waals surface area contributed by atoms with E-state index in [2.05, 4.69) is 21.2 Å². The largest absolute Gasteiger partial charge is 0.492 e. The van der Waals surface area contributed by atoms with Crippen LogP contribution in [-0.2, 0) is 11.3 Å². The van der Waals surface area contributed by atoms with E-state index in [4.69, 9.17) is 4.74 Å². The van der Waals surface area contributed by atoms with Crippen molar-refractivity contribution in [2.75, 3.05) is 27.7 Å². The van der Waals surface area contributed by atoms with Crippen molar-refractivity contribution in [2.24, 2.45) is 0 Å². The number of nitrogens with zero attached hydrogens (tertiary/aromatic N) is 1. The first kappa shape index (κ1) is 15.0. The van der Waals surface area contributed by atoms with Crippen molar-refractivity contribution in [3.63, 3.8) is 0 Å². The van der Waals surface area contributed by atoms with Crippen LogP contribution in [0.5, 0.6) is 5.75 Å². The highest BCUT2D eigenvalue weighted by atomic mass is 79.9. The van der Waals surface area contributed by atoms with Gasteiger partial charge >= 0.3 is 0 Å². The summed E-state index contributed by atoms with van der Waals surface area (Å²) in [6.07, 6.45) is 0.387. The molecule has 0 bridgehead atoms. The van der Waals surface area contributed by atoms with Crippen LogP contribution >= 0.6 is 15.9 Å². The summed E-state index contributed by atoms with van der Waals surface area (Å²) in [6.45, 7) is 1.21. The van der Waals surface area contributed by atoms with Crippen molar-refractivity contribution in [2.45, 2.75) is 13.0 Å². The summed E-state index contributed by atoms with van der Waals surface area (Å²) < 4.78 is 6.49. The lowest BCUT2D eigenvalue weighted by Gasteiger charge is -2.12. The van der Waals surface area contributed by atoms with Gasteiger partial charge in [0.2, 0.25) is 5.91 Å². The van der Waals surface area contributed by atoms with E-state index in [-0.39, 0.29) is 5.91 Å². The quantitative estimate of drug-likeness (QED) is 0.873. The Bertz CT molecular complexity index is 408. The minimum atomic E-state index is 0.0675. The molecule has 4 nitrogen and oxygen atoms in total. The average molecular weight is 315 g/mol. The molecule has 0 saturated carbocycles. The van der Waals surface area contributed by atoms with Gasteiger partial charge < -0.3 is 15.0 Å². The van der Waals surface area contributed by atoms with Gasteiger partial charge in [-0.3, -0.25) is 4.79 Å². The number of carbonyl (C=O) groups excluding carboxylic acids is 1. The molecule has 0 saturated heterocycles. The number of carbonyl (C=O) groups is 1. The molecule has 5 heteroatoms. The van der Waals surface area contributed by atoms with E-state index in [1.807, 2.05) is 25.2 Å². The van der Waals surface area contributed by atoms with Crippen LogP contribution in [0.4, 0.5) is 0 Å². The number of hydrogen-bond acceptors (Lipinski definition) is 3. The van der Waals surface area contributed by atoms with E-state index in [9.17, 15) is 4.79 Å². The standard InChI is InChI=1S/C13H19BrN2O2/c1-15-9-10-4-5-12(11(14)8-10)18-7-6-13(17)16(2)3/h4-5,8,15H,6-7,9H2,1-3H3. The zero-order chi connectivity index (χ0) is 13.5. The van der Waals surface area contributed by atoms with E-state index in [1.54, 1.807) is 19.0 Å². The van der Waals surface area contributed by atoms with E-state index >= 15 is 0 Å². The third-order valence-corrected chi connectivity index (χ3v) is 3.07. The Morgan fingerprint density at radius 1 is 1.44 bits per heavy atom. The number of nitrogens with one attached hydrogen (secondary N) is 1. The molecule has 0 aliphatic rings. The topological polar surface area (TPSA) is 41.6 Å². The Balaban J connectivity index is 2.50. The molecule has 0 aliphatic carbocycles. The predicted molar refractivity (Wildman–Crippen MR) is 75.7 cm³/mol. The maximum absolute atomic E-state index is 11.4. The Morgan fingerprint density at radius 2 is 2.17 bits per heavy atom. The van der Waals surface area contributed by atoms with Gasteiger partial charge in [-0.05, 0) is 40.7 Å². The minimum absolute atomic E-state index is 0.0675. The summed E-state index contributed by atoms with van der Waals surface area (Å²) in [4.78, 5) is 12.9. The monoisotopic (exact) mass is 314 g/mol. The normalized spacial score (nSPS) is 10.2. The summed E-state index contributed by atoms with van der Waals surface area (Å²) in [5, 5.41) is 3.09. The van der Waals surface area contributed by atoms with Crippen LogP contribution in [0.1, 0.15) is 12.0 Å². The third-order valence-electron chi connectivity index (χ3n) is 2.45. The van der Waals surface area contributed by atoms with Gasteiger partial charge in [0.15, 0.2) is 0 Å². The first-order chi connectivity index (χ1) is 8.54. The van der Waals surface area contributed by atoms with Crippen LogP contribution in [0.2, 0.25) is 0 Å². The predicted octanol–water partition coefficient (Wildman–Crippen LogP) is 2.03. The van der Waals surface area contributed by atoms with Crippen molar-refractivity contribution >= 4 is 21.8 Å². The molecule has 1 aromatic rings. The fourth-order valence-electron chi connectivity index (χ4n) is 1.45. The highest BCUT2D eigenvalue weighted by molar-refractivity contribution is 9.10. The lowest BCUT2D eigenvalue weighted by molar-refractivity contribution is -0.129. The summed E-state index contributed by atoms with van der Waals surface area (Å²) in [7, 11) is 5.39. The highest BCUT2D eigenvalue weighted by Crippen LogP contribution is 2.26. The SMILES string of the molecule is CNCc1ccc(OCCC(=O)N(C)C)c(Br)c1. The average Bonchev–Trinajstić information content (AvgIpc) is 2.32. The van der Waals surface area contributed by atoms with Gasteiger partial charge in [-0.15, -0.1) is 0 Å². The summed E-state index contributed by atoms with van der Waals surface area (Å²) in [6, 6.07) is 5.93. The van der Waals surface area contributed by atoms with Crippen molar-refractivity contribution in [3.05, 3.63) is 28.2 Å². The molecule has 0 radical (unpaired) electrons.